The molecular formula is C19H24N2O2S. The van der Waals surface area contributed by atoms with Crippen LogP contribution in [0.2, 0.25) is 0 Å². The van der Waals surface area contributed by atoms with E-state index in [0.29, 0.717) is 11.6 Å². The van der Waals surface area contributed by atoms with Crippen molar-refractivity contribution in [1.29, 1.82) is 0 Å². The van der Waals surface area contributed by atoms with Gasteiger partial charge in [-0.05, 0) is 49.3 Å². The lowest BCUT2D eigenvalue weighted by molar-refractivity contribution is -0.124. The molecule has 0 aliphatic carbocycles. The summed E-state index contributed by atoms with van der Waals surface area (Å²) in [6, 6.07) is 9.86. The lowest BCUT2D eigenvalue weighted by atomic mass is 10.2. The molecule has 0 atom stereocenters. The van der Waals surface area contributed by atoms with Crippen LogP contribution >= 0.6 is 11.8 Å². The third-order valence-corrected chi connectivity index (χ3v) is 4.56. The molecule has 5 heteroatoms. The smallest absolute Gasteiger partial charge is 0.286 e. The number of hydrogen-bond acceptors (Lipinski definition) is 4. The second-order valence-electron chi connectivity index (χ2n) is 5.66. The lowest BCUT2D eigenvalue weighted by Gasteiger charge is -2.25. The quantitative estimate of drug-likeness (QED) is 0.657. The van der Waals surface area contributed by atoms with Crippen LogP contribution in [0.3, 0.4) is 0 Å². The second kappa shape index (κ2) is 9.45. The Kier molecular flexibility index (Phi) is 7.28. The Morgan fingerprint density at radius 1 is 1.08 bits per heavy atom. The largest absolute Gasteiger partial charge is 0.294 e. The highest BCUT2D eigenvalue weighted by Crippen LogP contribution is 2.30. The van der Waals surface area contributed by atoms with Gasteiger partial charge in [-0.3, -0.25) is 19.4 Å². The summed E-state index contributed by atoms with van der Waals surface area (Å²) >= 11 is 1.02. The van der Waals surface area contributed by atoms with Gasteiger partial charge in [0.15, 0.2) is 0 Å². The van der Waals surface area contributed by atoms with Crippen molar-refractivity contribution < 1.29 is 9.59 Å². The van der Waals surface area contributed by atoms with Gasteiger partial charge in [-0.1, -0.05) is 56.3 Å². The fraction of sp³-hybridized carbons (Fsp3) is 0.368. The molecule has 1 aliphatic heterocycles. The van der Waals surface area contributed by atoms with Crippen LogP contribution in [0.5, 0.6) is 0 Å². The first-order valence-electron chi connectivity index (χ1n) is 8.35. The predicted octanol–water partition coefficient (Wildman–Crippen LogP) is 4.36. The molecule has 24 heavy (non-hydrogen) atoms. The molecule has 0 spiro atoms. The molecular weight excluding hydrogens is 320 g/mol. The number of imide groups is 1. The third kappa shape index (κ3) is 5.08. The van der Waals surface area contributed by atoms with E-state index in [2.05, 4.69) is 18.7 Å². The van der Waals surface area contributed by atoms with Crippen LogP contribution in [0.4, 0.5) is 4.79 Å². The summed E-state index contributed by atoms with van der Waals surface area (Å²) in [5.74, 6) is -0.195. The van der Waals surface area contributed by atoms with E-state index < -0.39 is 0 Å². The maximum atomic E-state index is 12.5. The van der Waals surface area contributed by atoms with E-state index in [4.69, 9.17) is 0 Å². The van der Waals surface area contributed by atoms with Crippen molar-refractivity contribution in [2.24, 2.45) is 0 Å². The first-order valence-corrected chi connectivity index (χ1v) is 9.16. The molecule has 0 radical (unpaired) electrons. The Morgan fingerprint density at radius 2 is 1.75 bits per heavy atom. The first kappa shape index (κ1) is 18.5. The number of rotatable bonds is 8. The van der Waals surface area contributed by atoms with Gasteiger partial charge >= 0.3 is 0 Å². The van der Waals surface area contributed by atoms with E-state index in [1.807, 2.05) is 42.5 Å². The van der Waals surface area contributed by atoms with Gasteiger partial charge < -0.3 is 0 Å². The van der Waals surface area contributed by atoms with Gasteiger partial charge in [0.2, 0.25) is 0 Å². The van der Waals surface area contributed by atoms with Gasteiger partial charge in [-0.2, -0.15) is 0 Å². The van der Waals surface area contributed by atoms with E-state index in [0.717, 1.165) is 43.3 Å². The van der Waals surface area contributed by atoms with Gasteiger partial charge in [0.05, 0.1) is 11.6 Å². The molecule has 0 saturated carbocycles. The molecule has 1 fully saturated rings. The SMILES string of the molecule is CCCN(CCC)CN1C(=O)S/C(=C\C=C/c2ccccc2)C1=O. The van der Waals surface area contributed by atoms with Gasteiger partial charge in [-0.15, -0.1) is 0 Å². The molecule has 1 saturated heterocycles. The molecule has 0 aromatic heterocycles. The van der Waals surface area contributed by atoms with E-state index in [-0.39, 0.29) is 11.1 Å². The Bertz CT molecular complexity index is 620. The van der Waals surface area contributed by atoms with Crippen LogP contribution in [-0.4, -0.2) is 40.7 Å². The molecule has 2 amide bonds. The number of allylic oxidation sites excluding steroid dienone is 2. The number of amides is 2. The number of hydrogen-bond donors (Lipinski definition) is 0. The van der Waals surface area contributed by atoms with Crippen LogP contribution in [0.1, 0.15) is 32.3 Å². The van der Waals surface area contributed by atoms with Crippen LogP contribution in [0, 0.1) is 0 Å². The normalized spacial score (nSPS) is 17.0. The molecule has 2 rings (SSSR count). The summed E-state index contributed by atoms with van der Waals surface area (Å²) in [6.45, 7) is 6.37. The minimum Gasteiger partial charge on any atom is -0.286 e. The van der Waals surface area contributed by atoms with E-state index >= 15 is 0 Å². The zero-order chi connectivity index (χ0) is 17.4. The highest BCUT2D eigenvalue weighted by molar-refractivity contribution is 8.18. The highest BCUT2D eigenvalue weighted by Gasteiger charge is 2.35. The lowest BCUT2D eigenvalue weighted by Crippen LogP contribution is -2.41. The fourth-order valence-corrected chi connectivity index (χ4v) is 3.32. The summed E-state index contributed by atoms with van der Waals surface area (Å²) in [4.78, 5) is 28.6. The topological polar surface area (TPSA) is 40.6 Å². The van der Waals surface area contributed by atoms with Crippen LogP contribution < -0.4 is 0 Å². The third-order valence-electron chi connectivity index (χ3n) is 3.63. The van der Waals surface area contributed by atoms with Crippen molar-refractivity contribution in [2.45, 2.75) is 26.7 Å². The average molecular weight is 344 g/mol. The van der Waals surface area contributed by atoms with Crippen molar-refractivity contribution in [3.8, 4) is 0 Å². The zero-order valence-corrected chi connectivity index (χ0v) is 15.1. The van der Waals surface area contributed by atoms with Crippen LogP contribution in [0.15, 0.2) is 47.4 Å². The van der Waals surface area contributed by atoms with Crippen molar-refractivity contribution >= 4 is 29.0 Å². The molecule has 1 aromatic rings. The van der Waals surface area contributed by atoms with Crippen LogP contribution in [0.25, 0.3) is 6.08 Å². The standard InChI is InChI=1S/C19H24N2O2S/c1-3-13-20(14-4-2)15-21-18(22)17(24-19(21)23)12-8-11-16-9-6-5-7-10-16/h5-12H,3-4,13-15H2,1-2H3/b11-8-,17-12-. The number of carbonyl (C=O) groups excluding carboxylic acids is 2. The van der Waals surface area contributed by atoms with Crippen molar-refractivity contribution in [2.75, 3.05) is 19.8 Å². The van der Waals surface area contributed by atoms with Gasteiger partial charge in [0.25, 0.3) is 11.1 Å². The van der Waals surface area contributed by atoms with E-state index in [9.17, 15) is 9.59 Å². The molecule has 1 aromatic carbocycles. The Hall–Kier alpha value is -1.85. The first-order chi connectivity index (χ1) is 11.7. The zero-order valence-electron chi connectivity index (χ0n) is 14.3. The predicted molar refractivity (Wildman–Crippen MR) is 100 cm³/mol. The summed E-state index contributed by atoms with van der Waals surface area (Å²) in [5.41, 5.74) is 1.06. The number of nitrogens with zero attached hydrogens (tertiary/aromatic N) is 2. The fourth-order valence-electron chi connectivity index (χ4n) is 2.53. The Labute approximate surface area is 148 Å². The molecule has 4 nitrogen and oxygen atoms in total. The molecule has 1 aliphatic rings. The second-order valence-corrected chi connectivity index (χ2v) is 6.65. The molecule has 128 valence electrons. The molecule has 0 N–H and O–H groups in total. The van der Waals surface area contributed by atoms with Crippen molar-refractivity contribution in [3.63, 3.8) is 0 Å². The maximum Gasteiger partial charge on any atom is 0.294 e. The van der Waals surface area contributed by atoms with Gasteiger partial charge in [0, 0.05) is 0 Å². The van der Waals surface area contributed by atoms with Gasteiger partial charge in [0.1, 0.15) is 0 Å². The highest BCUT2D eigenvalue weighted by atomic mass is 32.2. The average Bonchev–Trinajstić information content (AvgIpc) is 2.84. The Balaban J connectivity index is 2.02. The monoisotopic (exact) mass is 344 g/mol. The molecule has 1 heterocycles. The summed E-state index contributed by atoms with van der Waals surface area (Å²) < 4.78 is 0. The minimum absolute atomic E-state index is 0.184. The Morgan fingerprint density at radius 3 is 2.38 bits per heavy atom. The van der Waals surface area contributed by atoms with Crippen molar-refractivity contribution in [1.82, 2.24) is 9.80 Å². The van der Waals surface area contributed by atoms with Crippen LogP contribution in [-0.2, 0) is 4.79 Å². The number of carbonyl (C=O) groups is 2. The summed E-state index contributed by atoms with van der Waals surface area (Å²) in [6.07, 6.45) is 7.48. The maximum absolute atomic E-state index is 12.5. The minimum atomic E-state index is -0.195. The van der Waals surface area contributed by atoms with Crippen molar-refractivity contribution in [3.05, 3.63) is 53.0 Å². The van der Waals surface area contributed by atoms with E-state index in [1.165, 1.54) is 4.90 Å². The molecule has 0 bridgehead atoms. The van der Waals surface area contributed by atoms with Gasteiger partial charge in [-0.25, -0.2) is 0 Å². The number of thioether (sulfide) groups is 1. The summed E-state index contributed by atoms with van der Waals surface area (Å²) in [7, 11) is 0. The number of benzene rings is 1. The van der Waals surface area contributed by atoms with E-state index in [1.54, 1.807) is 6.08 Å². The molecule has 0 unspecified atom stereocenters. The summed E-state index contributed by atoms with van der Waals surface area (Å²) in [5, 5.41) is -0.184.